The third-order valence-electron chi connectivity index (χ3n) is 12.9. The highest BCUT2D eigenvalue weighted by Crippen LogP contribution is 2.39. The molecule has 3 N–H and O–H groups in total. The highest BCUT2D eigenvalue weighted by molar-refractivity contribution is 6.07. The molecule has 12 heteroatoms. The molecule has 4 heterocycles. The first-order valence-electron chi connectivity index (χ1n) is 21.8. The molecule has 0 unspecified atom stereocenters. The largest absolute Gasteiger partial charge is 0.453 e. The minimum Gasteiger partial charge on any atom is -0.453 e. The standard InChI is InChI=1S/C49H54N8O4/c1-6-55(7-2)44(30-13-9-8-10-14-30)48(59)57-26-12-16-40(57)46-51-38-24-20-34-28-32(18-22-36(34)43(38)53-46)31-17-21-35-33(27-31)19-23-37-42(35)52-45(50-37)39-15-11-25-56(39)47(58)41(29(3)4)54-49(60)61-5/h8-10,13-14,17-24,27-29,39-41,44H,6-7,11-12,15-16,25-26H2,1-5H3,(H,50,52)(H,51,53)(H,54,60)/t39-,40-,41-,44+/m0/s1. The van der Waals surface area contributed by atoms with Crippen LogP contribution in [0.4, 0.5) is 4.79 Å². The van der Waals surface area contributed by atoms with E-state index in [0.717, 1.165) is 111 Å². The molecule has 12 nitrogen and oxygen atoms in total. The average molecular weight is 819 g/mol. The maximum Gasteiger partial charge on any atom is 0.407 e. The summed E-state index contributed by atoms with van der Waals surface area (Å²) in [5.41, 5.74) is 6.90. The number of alkyl carbamates (subject to hydrolysis) is 1. The minimum atomic E-state index is -0.689. The Kier molecular flexibility index (Phi) is 11.0. The van der Waals surface area contributed by atoms with Gasteiger partial charge in [0.25, 0.3) is 0 Å². The van der Waals surface area contributed by atoms with E-state index in [1.165, 1.54) is 7.11 Å². The van der Waals surface area contributed by atoms with Gasteiger partial charge in [-0.1, -0.05) is 94.4 Å². The number of carbonyl (C=O) groups is 3. The molecule has 0 bridgehead atoms. The number of ether oxygens (including phenoxy) is 1. The van der Waals surface area contributed by atoms with Gasteiger partial charge >= 0.3 is 6.09 Å². The lowest BCUT2D eigenvalue weighted by Gasteiger charge is -2.34. The van der Waals surface area contributed by atoms with E-state index in [2.05, 4.69) is 101 Å². The molecule has 5 aromatic carbocycles. The van der Waals surface area contributed by atoms with Crippen LogP contribution < -0.4 is 5.32 Å². The summed E-state index contributed by atoms with van der Waals surface area (Å²) in [6.07, 6.45) is 2.83. The first-order valence-corrected chi connectivity index (χ1v) is 21.8. The van der Waals surface area contributed by atoms with Crippen LogP contribution in [0.5, 0.6) is 0 Å². The van der Waals surface area contributed by atoms with Gasteiger partial charge in [-0.15, -0.1) is 0 Å². The number of likely N-dealkylation sites (tertiary alicyclic amines) is 2. The summed E-state index contributed by atoms with van der Waals surface area (Å²) in [6.45, 7) is 11.0. The molecule has 2 fully saturated rings. The number of fused-ring (bicyclic) bond motifs is 6. The van der Waals surface area contributed by atoms with Gasteiger partial charge in [0.2, 0.25) is 11.8 Å². The van der Waals surface area contributed by atoms with Gasteiger partial charge < -0.3 is 29.8 Å². The van der Waals surface area contributed by atoms with E-state index in [0.29, 0.717) is 13.1 Å². The fourth-order valence-electron chi connectivity index (χ4n) is 9.72. The highest BCUT2D eigenvalue weighted by Gasteiger charge is 2.39. The van der Waals surface area contributed by atoms with Crippen LogP contribution in [0.1, 0.15) is 88.7 Å². The third-order valence-corrected chi connectivity index (χ3v) is 12.9. The number of imidazole rings is 2. The first-order chi connectivity index (χ1) is 29.7. The summed E-state index contributed by atoms with van der Waals surface area (Å²) in [4.78, 5) is 63.7. The van der Waals surface area contributed by atoms with Crippen molar-refractivity contribution in [3.8, 4) is 11.1 Å². The molecule has 2 saturated heterocycles. The van der Waals surface area contributed by atoms with Gasteiger partial charge in [0.15, 0.2) is 0 Å². The van der Waals surface area contributed by atoms with Crippen LogP contribution in [0.2, 0.25) is 0 Å². The zero-order chi connectivity index (χ0) is 42.4. The third kappa shape index (κ3) is 7.36. The number of benzene rings is 5. The molecule has 0 radical (unpaired) electrons. The summed E-state index contributed by atoms with van der Waals surface area (Å²) in [5.74, 6) is 1.50. The van der Waals surface area contributed by atoms with Gasteiger partial charge in [0.1, 0.15) is 23.7 Å². The maximum absolute atomic E-state index is 14.4. The number of methoxy groups -OCH3 is 1. The van der Waals surface area contributed by atoms with Crippen molar-refractivity contribution in [2.75, 3.05) is 33.3 Å². The van der Waals surface area contributed by atoms with Gasteiger partial charge in [-0.05, 0) is 96.4 Å². The number of hydrogen-bond acceptors (Lipinski definition) is 7. The van der Waals surface area contributed by atoms with E-state index in [4.69, 9.17) is 14.7 Å². The predicted octanol–water partition coefficient (Wildman–Crippen LogP) is 9.20. The van der Waals surface area contributed by atoms with Crippen LogP contribution >= 0.6 is 0 Å². The Morgan fingerprint density at radius 1 is 0.770 bits per heavy atom. The quantitative estimate of drug-likeness (QED) is 0.118. The monoisotopic (exact) mass is 818 g/mol. The zero-order valence-corrected chi connectivity index (χ0v) is 35.6. The molecule has 7 aromatic rings. The maximum atomic E-state index is 14.4. The van der Waals surface area contributed by atoms with Crippen molar-refractivity contribution in [2.24, 2.45) is 5.92 Å². The topological polar surface area (TPSA) is 140 Å². The summed E-state index contributed by atoms with van der Waals surface area (Å²) in [6, 6.07) is 30.3. The smallest absolute Gasteiger partial charge is 0.407 e. The van der Waals surface area contributed by atoms with Crippen LogP contribution in [0, 0.1) is 5.92 Å². The van der Waals surface area contributed by atoms with Crippen molar-refractivity contribution in [2.45, 2.75) is 77.5 Å². The summed E-state index contributed by atoms with van der Waals surface area (Å²) in [5, 5.41) is 7.03. The van der Waals surface area contributed by atoms with Gasteiger partial charge in [-0.25, -0.2) is 14.8 Å². The second-order valence-corrected chi connectivity index (χ2v) is 16.8. The molecular weight excluding hydrogens is 765 g/mol. The molecule has 4 atom stereocenters. The second kappa shape index (κ2) is 16.6. The van der Waals surface area contributed by atoms with Crippen molar-refractivity contribution in [3.63, 3.8) is 0 Å². The van der Waals surface area contributed by atoms with E-state index in [9.17, 15) is 14.4 Å². The lowest BCUT2D eigenvalue weighted by atomic mass is 9.98. The SMILES string of the molecule is CCN(CC)[C@@H](C(=O)N1CCC[C@H]1c1nc2c(ccc3cc(-c4ccc5c(ccc6nc([C@@H]7CCCN7C(=O)[C@@H](NC(=O)OC)C(C)C)[nH]c65)c4)ccc32)[nH]1)c1ccccc1. The fraction of sp³-hybridized carbons (Fsp3) is 0.367. The Labute approximate surface area is 355 Å². The number of carbonyl (C=O) groups excluding carboxylic acids is 3. The Hall–Kier alpha value is -6.27. The molecule has 2 aliphatic rings. The van der Waals surface area contributed by atoms with Crippen molar-refractivity contribution in [1.82, 2.24) is 40.0 Å². The number of hydrogen-bond donors (Lipinski definition) is 3. The van der Waals surface area contributed by atoms with Crippen molar-refractivity contribution >= 4 is 61.5 Å². The highest BCUT2D eigenvalue weighted by atomic mass is 16.5. The number of nitrogens with one attached hydrogen (secondary N) is 3. The van der Waals surface area contributed by atoms with Crippen LogP contribution in [0.3, 0.4) is 0 Å². The lowest BCUT2D eigenvalue weighted by molar-refractivity contribution is -0.138. The summed E-state index contributed by atoms with van der Waals surface area (Å²) >= 11 is 0. The van der Waals surface area contributed by atoms with Crippen molar-refractivity contribution in [3.05, 3.63) is 108 Å². The number of nitrogens with zero attached hydrogens (tertiary/aromatic N) is 5. The first kappa shape index (κ1) is 40.2. The molecule has 2 aromatic heterocycles. The molecule has 9 rings (SSSR count). The predicted molar refractivity (Wildman–Crippen MR) is 240 cm³/mol. The van der Waals surface area contributed by atoms with E-state index in [1.54, 1.807) is 0 Å². The second-order valence-electron chi connectivity index (χ2n) is 16.8. The van der Waals surface area contributed by atoms with Crippen molar-refractivity contribution < 1.29 is 19.1 Å². The Bertz CT molecular complexity index is 2760. The Morgan fingerprint density at radius 2 is 1.39 bits per heavy atom. The van der Waals surface area contributed by atoms with E-state index in [-0.39, 0.29) is 35.9 Å². The van der Waals surface area contributed by atoms with Crippen LogP contribution in [0.15, 0.2) is 91.0 Å². The molecule has 3 amide bonds. The van der Waals surface area contributed by atoms with Gasteiger partial charge in [0, 0.05) is 23.9 Å². The summed E-state index contributed by atoms with van der Waals surface area (Å²) in [7, 11) is 1.30. The van der Waals surface area contributed by atoms with E-state index < -0.39 is 12.1 Å². The number of aromatic nitrogens is 4. The molecule has 0 saturated carbocycles. The number of rotatable bonds is 11. The Morgan fingerprint density at radius 3 is 2.05 bits per heavy atom. The summed E-state index contributed by atoms with van der Waals surface area (Å²) < 4.78 is 4.80. The van der Waals surface area contributed by atoms with Gasteiger partial charge in [0.05, 0.1) is 41.3 Å². The zero-order valence-electron chi connectivity index (χ0n) is 35.6. The van der Waals surface area contributed by atoms with Crippen LogP contribution in [0.25, 0.3) is 54.7 Å². The van der Waals surface area contributed by atoms with Gasteiger partial charge in [-0.2, -0.15) is 0 Å². The minimum absolute atomic E-state index is 0.105. The molecule has 314 valence electrons. The molecular formula is C49H54N8O4. The van der Waals surface area contributed by atoms with Crippen LogP contribution in [-0.2, 0) is 14.3 Å². The fourth-order valence-corrected chi connectivity index (χ4v) is 9.72. The van der Waals surface area contributed by atoms with E-state index >= 15 is 0 Å². The Balaban J connectivity index is 0.976. The van der Waals surface area contributed by atoms with Gasteiger partial charge in [-0.3, -0.25) is 14.5 Å². The molecule has 61 heavy (non-hydrogen) atoms. The lowest BCUT2D eigenvalue weighted by Crippen LogP contribution is -2.51. The molecule has 2 aliphatic heterocycles. The van der Waals surface area contributed by atoms with Crippen LogP contribution in [-0.4, -0.2) is 91.9 Å². The number of H-pyrrole nitrogens is 2. The molecule has 0 aliphatic carbocycles. The average Bonchev–Trinajstić information content (AvgIpc) is 4.12. The number of likely N-dealkylation sites (N-methyl/N-ethyl adjacent to an activating group) is 1. The molecule has 0 spiro atoms. The normalized spacial score (nSPS) is 18.0. The van der Waals surface area contributed by atoms with E-state index in [1.807, 2.05) is 47.9 Å². The van der Waals surface area contributed by atoms with Crippen molar-refractivity contribution in [1.29, 1.82) is 0 Å². The number of amides is 3. The number of aromatic amines is 2.